The highest BCUT2D eigenvalue weighted by Crippen LogP contribution is 2.28. The third-order valence-electron chi connectivity index (χ3n) is 1.77. The molecule has 0 saturated carbocycles. The van der Waals surface area contributed by atoms with Crippen LogP contribution in [0.5, 0.6) is 0 Å². The second-order valence-corrected chi connectivity index (χ2v) is 5.68. The zero-order chi connectivity index (χ0) is 13.1. The number of nitrogens with one attached hydrogen (secondary N) is 1. The Morgan fingerprint density at radius 3 is 2.59 bits per heavy atom. The molecule has 0 aliphatic heterocycles. The van der Waals surface area contributed by atoms with E-state index in [0.29, 0.717) is 0 Å². The van der Waals surface area contributed by atoms with Gasteiger partial charge in [-0.25, -0.2) is 8.42 Å². The molecule has 0 bridgehead atoms. The molecule has 1 aromatic rings. The van der Waals surface area contributed by atoms with Crippen LogP contribution in [0.3, 0.4) is 0 Å². The molecule has 0 heterocycles. The Morgan fingerprint density at radius 1 is 1.41 bits per heavy atom. The standard InChI is InChI=1S/C8H8Cl2N2O4S/c9-3-4-17(15,16)11-7-2-1-6(10)5-8(7)12(13)14/h1-2,5,11H,3-4H2. The van der Waals surface area contributed by atoms with E-state index < -0.39 is 20.6 Å². The Kier molecular flexibility index (Phi) is 4.55. The van der Waals surface area contributed by atoms with Gasteiger partial charge in [0.25, 0.3) is 5.69 Å². The van der Waals surface area contributed by atoms with Gasteiger partial charge in [-0.2, -0.15) is 0 Å². The number of nitro groups is 1. The molecule has 0 aliphatic rings. The molecule has 0 aliphatic carbocycles. The quantitative estimate of drug-likeness (QED) is 0.513. The molecule has 1 rings (SSSR count). The fourth-order valence-electron chi connectivity index (χ4n) is 1.06. The summed E-state index contributed by atoms with van der Waals surface area (Å²) < 4.78 is 24.9. The molecule has 0 spiro atoms. The second-order valence-electron chi connectivity index (χ2n) is 3.03. The van der Waals surface area contributed by atoms with Gasteiger partial charge in [-0.15, -0.1) is 11.6 Å². The van der Waals surface area contributed by atoms with E-state index in [1.54, 1.807) is 0 Å². The highest BCUT2D eigenvalue weighted by Gasteiger charge is 2.19. The van der Waals surface area contributed by atoms with Crippen molar-refractivity contribution in [1.82, 2.24) is 0 Å². The van der Waals surface area contributed by atoms with Crippen LogP contribution in [0.2, 0.25) is 5.02 Å². The largest absolute Gasteiger partial charge is 0.294 e. The van der Waals surface area contributed by atoms with Crippen molar-refractivity contribution in [1.29, 1.82) is 0 Å². The van der Waals surface area contributed by atoms with Crippen molar-refractivity contribution in [2.45, 2.75) is 0 Å². The summed E-state index contributed by atoms with van der Waals surface area (Å²) in [6.07, 6.45) is 0. The van der Waals surface area contributed by atoms with Gasteiger partial charge in [0, 0.05) is 17.0 Å². The fraction of sp³-hybridized carbons (Fsp3) is 0.250. The number of hydrogen-bond donors (Lipinski definition) is 1. The molecule has 0 radical (unpaired) electrons. The normalized spacial score (nSPS) is 11.2. The molecule has 17 heavy (non-hydrogen) atoms. The Balaban J connectivity index is 3.11. The molecule has 1 N–H and O–H groups in total. The molecule has 6 nitrogen and oxygen atoms in total. The van der Waals surface area contributed by atoms with Gasteiger partial charge >= 0.3 is 0 Å². The maximum atomic E-state index is 11.4. The average molecular weight is 299 g/mol. The van der Waals surface area contributed by atoms with Crippen LogP contribution in [0, 0.1) is 10.1 Å². The lowest BCUT2D eigenvalue weighted by atomic mass is 10.3. The van der Waals surface area contributed by atoms with Crippen LogP contribution >= 0.6 is 23.2 Å². The first kappa shape index (κ1) is 14.0. The van der Waals surface area contributed by atoms with Crippen LogP contribution in [0.1, 0.15) is 0 Å². The molecule has 0 aromatic heterocycles. The zero-order valence-electron chi connectivity index (χ0n) is 8.39. The van der Waals surface area contributed by atoms with Crippen LogP contribution in [-0.2, 0) is 10.0 Å². The maximum Gasteiger partial charge on any atom is 0.294 e. The van der Waals surface area contributed by atoms with Crippen molar-refractivity contribution in [2.24, 2.45) is 0 Å². The van der Waals surface area contributed by atoms with E-state index in [-0.39, 0.29) is 22.3 Å². The van der Waals surface area contributed by atoms with E-state index in [0.717, 1.165) is 6.07 Å². The first-order valence-electron chi connectivity index (χ1n) is 4.36. The van der Waals surface area contributed by atoms with Gasteiger partial charge in [0.15, 0.2) is 0 Å². The van der Waals surface area contributed by atoms with Crippen LogP contribution in [0.4, 0.5) is 11.4 Å². The van der Waals surface area contributed by atoms with Crippen molar-refractivity contribution < 1.29 is 13.3 Å². The molecule has 0 atom stereocenters. The van der Waals surface area contributed by atoms with Gasteiger partial charge in [0.2, 0.25) is 10.0 Å². The van der Waals surface area contributed by atoms with E-state index in [1.807, 2.05) is 0 Å². The number of nitro benzene ring substituents is 1. The van der Waals surface area contributed by atoms with Crippen molar-refractivity contribution in [3.05, 3.63) is 33.3 Å². The van der Waals surface area contributed by atoms with Gasteiger partial charge in [-0.1, -0.05) is 11.6 Å². The average Bonchev–Trinajstić information content (AvgIpc) is 2.20. The minimum Gasteiger partial charge on any atom is -0.277 e. The summed E-state index contributed by atoms with van der Waals surface area (Å²) in [6, 6.07) is 3.65. The molecule has 0 fully saturated rings. The van der Waals surface area contributed by atoms with Gasteiger partial charge in [0.05, 0.1) is 10.7 Å². The van der Waals surface area contributed by atoms with Crippen LogP contribution in [-0.4, -0.2) is 25.0 Å². The Bertz CT molecular complexity index is 532. The number of anilines is 1. The highest BCUT2D eigenvalue weighted by molar-refractivity contribution is 7.92. The first-order valence-corrected chi connectivity index (χ1v) is 6.92. The third-order valence-corrected chi connectivity index (χ3v) is 3.69. The Hall–Kier alpha value is -1.05. The van der Waals surface area contributed by atoms with E-state index in [4.69, 9.17) is 23.2 Å². The Morgan fingerprint density at radius 2 is 2.06 bits per heavy atom. The molecule has 1 aromatic carbocycles. The summed E-state index contributed by atoms with van der Waals surface area (Å²) in [5, 5.41) is 10.9. The van der Waals surface area contributed by atoms with Crippen molar-refractivity contribution in [3.63, 3.8) is 0 Å². The van der Waals surface area contributed by atoms with E-state index in [1.165, 1.54) is 12.1 Å². The smallest absolute Gasteiger partial charge is 0.277 e. The number of alkyl halides is 1. The van der Waals surface area contributed by atoms with Crippen molar-refractivity contribution in [3.8, 4) is 0 Å². The molecule has 94 valence electrons. The molecule has 0 amide bonds. The number of nitrogens with zero attached hydrogens (tertiary/aromatic N) is 1. The molecular formula is C8H8Cl2N2O4S. The highest BCUT2D eigenvalue weighted by atomic mass is 35.5. The van der Waals surface area contributed by atoms with Crippen molar-refractivity contribution in [2.75, 3.05) is 16.4 Å². The van der Waals surface area contributed by atoms with E-state index >= 15 is 0 Å². The topological polar surface area (TPSA) is 89.3 Å². The minimum atomic E-state index is -3.68. The van der Waals surface area contributed by atoms with Crippen molar-refractivity contribution >= 4 is 44.6 Å². The molecule has 0 unspecified atom stereocenters. The molecule has 0 saturated heterocycles. The number of halogens is 2. The number of hydrogen-bond acceptors (Lipinski definition) is 4. The Labute approximate surface area is 108 Å². The predicted molar refractivity (Wildman–Crippen MR) is 66.2 cm³/mol. The number of benzene rings is 1. The first-order chi connectivity index (χ1) is 7.85. The predicted octanol–water partition coefficient (Wildman–Crippen LogP) is 2.23. The number of rotatable bonds is 5. The number of sulfonamides is 1. The molecular weight excluding hydrogens is 291 g/mol. The lowest BCUT2D eigenvalue weighted by Crippen LogP contribution is -2.18. The summed E-state index contributed by atoms with van der Waals surface area (Å²) >= 11 is 10.9. The van der Waals surface area contributed by atoms with Crippen LogP contribution in [0.15, 0.2) is 18.2 Å². The van der Waals surface area contributed by atoms with Gasteiger partial charge in [0.1, 0.15) is 5.69 Å². The summed E-state index contributed by atoms with van der Waals surface area (Å²) in [5.41, 5.74) is -0.542. The lowest BCUT2D eigenvalue weighted by Gasteiger charge is -2.07. The van der Waals surface area contributed by atoms with Gasteiger partial charge in [-0.3, -0.25) is 14.8 Å². The maximum absolute atomic E-state index is 11.4. The van der Waals surface area contributed by atoms with E-state index in [2.05, 4.69) is 4.72 Å². The van der Waals surface area contributed by atoms with E-state index in [9.17, 15) is 18.5 Å². The zero-order valence-corrected chi connectivity index (χ0v) is 10.7. The summed E-state index contributed by atoms with van der Waals surface area (Å²) in [4.78, 5) is 9.99. The fourth-order valence-corrected chi connectivity index (χ4v) is 2.65. The summed E-state index contributed by atoms with van der Waals surface area (Å²) in [5.74, 6) is -0.426. The minimum absolute atomic E-state index is 0.100. The van der Waals surface area contributed by atoms with Crippen LogP contribution in [0.25, 0.3) is 0 Å². The summed E-state index contributed by atoms with van der Waals surface area (Å²) in [6.45, 7) is 0. The van der Waals surface area contributed by atoms with Gasteiger partial charge in [-0.05, 0) is 12.1 Å². The second kappa shape index (κ2) is 5.52. The third kappa shape index (κ3) is 4.03. The van der Waals surface area contributed by atoms with Gasteiger partial charge < -0.3 is 0 Å². The molecule has 9 heteroatoms. The monoisotopic (exact) mass is 298 g/mol. The lowest BCUT2D eigenvalue weighted by molar-refractivity contribution is -0.383. The van der Waals surface area contributed by atoms with Crippen LogP contribution < -0.4 is 4.72 Å². The SMILES string of the molecule is O=[N+]([O-])c1cc(Cl)ccc1NS(=O)(=O)CCCl. The summed E-state index contributed by atoms with van der Waals surface area (Å²) in [7, 11) is -3.68.